The molecule has 0 radical (unpaired) electrons. The standard InChI is InChI=1S/C18H22N4O4/c1-10-14(17-20-15(21-26-17)11-5-6-11)22(7-8-24-10)18(23)13-9-25-16(19-13)12-3-2-4-12/h9-12,14H,2-8H2,1H3/t10-,14+/m1/s1. The Kier molecular flexibility index (Phi) is 3.81. The molecule has 2 atom stereocenters. The molecule has 3 aliphatic rings. The van der Waals surface area contributed by atoms with Crippen molar-refractivity contribution in [3.8, 4) is 0 Å². The second-order valence-corrected chi connectivity index (χ2v) is 7.48. The van der Waals surface area contributed by atoms with Gasteiger partial charge in [0.2, 0.25) is 0 Å². The first-order valence-electron chi connectivity index (χ1n) is 9.42. The van der Waals surface area contributed by atoms with Crippen LogP contribution in [0.25, 0.3) is 0 Å². The zero-order valence-electron chi connectivity index (χ0n) is 14.8. The Morgan fingerprint density at radius 2 is 2.00 bits per heavy atom. The largest absolute Gasteiger partial charge is 0.448 e. The van der Waals surface area contributed by atoms with E-state index in [-0.39, 0.29) is 12.0 Å². The maximum atomic E-state index is 13.1. The molecule has 3 fully saturated rings. The molecule has 1 saturated heterocycles. The van der Waals surface area contributed by atoms with Gasteiger partial charge in [-0.05, 0) is 32.6 Å². The van der Waals surface area contributed by atoms with Crippen LogP contribution in [0, 0.1) is 0 Å². The number of nitrogens with zero attached hydrogens (tertiary/aromatic N) is 4. The number of aromatic nitrogens is 3. The molecule has 2 aromatic heterocycles. The molecular weight excluding hydrogens is 336 g/mol. The Bertz CT molecular complexity index is 808. The van der Waals surface area contributed by atoms with Crippen LogP contribution in [0.5, 0.6) is 0 Å². The Morgan fingerprint density at radius 1 is 1.15 bits per heavy atom. The molecule has 5 rings (SSSR count). The van der Waals surface area contributed by atoms with Crippen LogP contribution in [0.3, 0.4) is 0 Å². The number of hydrogen-bond acceptors (Lipinski definition) is 7. The number of carbonyl (C=O) groups is 1. The van der Waals surface area contributed by atoms with E-state index in [9.17, 15) is 4.79 Å². The van der Waals surface area contributed by atoms with Crippen LogP contribution in [0.2, 0.25) is 0 Å². The minimum absolute atomic E-state index is 0.175. The van der Waals surface area contributed by atoms with Crippen LogP contribution in [-0.2, 0) is 4.74 Å². The average Bonchev–Trinajstić information content (AvgIpc) is 3.14. The van der Waals surface area contributed by atoms with Gasteiger partial charge in [0.1, 0.15) is 12.3 Å². The van der Waals surface area contributed by atoms with Crippen molar-refractivity contribution in [3.63, 3.8) is 0 Å². The summed E-state index contributed by atoms with van der Waals surface area (Å²) in [5, 5.41) is 4.09. The van der Waals surface area contributed by atoms with Gasteiger partial charge in [-0.3, -0.25) is 4.79 Å². The first-order chi connectivity index (χ1) is 12.7. The van der Waals surface area contributed by atoms with Crippen LogP contribution in [0.15, 0.2) is 15.2 Å². The highest BCUT2D eigenvalue weighted by Crippen LogP contribution is 2.40. The lowest BCUT2D eigenvalue weighted by Crippen LogP contribution is -2.47. The van der Waals surface area contributed by atoms with Gasteiger partial charge in [0, 0.05) is 18.4 Å². The number of carbonyl (C=O) groups excluding carboxylic acids is 1. The normalized spacial score (nSPS) is 26.7. The summed E-state index contributed by atoms with van der Waals surface area (Å²) >= 11 is 0. The molecule has 26 heavy (non-hydrogen) atoms. The van der Waals surface area contributed by atoms with Crippen molar-refractivity contribution in [3.05, 3.63) is 29.6 Å². The predicted molar refractivity (Wildman–Crippen MR) is 88.6 cm³/mol. The summed E-state index contributed by atoms with van der Waals surface area (Å²) in [5.74, 6) is 2.43. The van der Waals surface area contributed by atoms with E-state index in [2.05, 4.69) is 15.1 Å². The number of hydrogen-bond donors (Lipinski definition) is 0. The van der Waals surface area contributed by atoms with E-state index in [1.165, 1.54) is 12.7 Å². The van der Waals surface area contributed by atoms with E-state index in [1.807, 2.05) is 6.92 Å². The third kappa shape index (κ3) is 2.72. The summed E-state index contributed by atoms with van der Waals surface area (Å²) in [7, 11) is 0. The van der Waals surface area contributed by atoms with Crippen LogP contribution in [-0.4, -0.2) is 45.2 Å². The second-order valence-electron chi connectivity index (χ2n) is 7.48. The molecular formula is C18H22N4O4. The minimum Gasteiger partial charge on any atom is -0.448 e. The zero-order valence-corrected chi connectivity index (χ0v) is 14.8. The number of ether oxygens (including phenoxy) is 1. The fraction of sp³-hybridized carbons (Fsp3) is 0.667. The summed E-state index contributed by atoms with van der Waals surface area (Å²) in [6, 6.07) is -0.403. The molecule has 2 aromatic rings. The molecule has 0 unspecified atom stereocenters. The molecule has 8 heteroatoms. The second kappa shape index (κ2) is 6.19. The molecule has 2 saturated carbocycles. The number of oxazole rings is 1. The number of rotatable bonds is 4. The van der Waals surface area contributed by atoms with Crippen LogP contribution in [0.4, 0.5) is 0 Å². The minimum atomic E-state index is -0.403. The van der Waals surface area contributed by atoms with Crippen molar-refractivity contribution >= 4 is 5.91 Å². The highest BCUT2D eigenvalue weighted by atomic mass is 16.5. The van der Waals surface area contributed by atoms with Crippen molar-refractivity contribution in [1.82, 2.24) is 20.0 Å². The number of amides is 1. The first-order valence-corrected chi connectivity index (χ1v) is 9.42. The summed E-state index contributed by atoms with van der Waals surface area (Å²) in [4.78, 5) is 23.8. The first kappa shape index (κ1) is 16.0. The third-order valence-corrected chi connectivity index (χ3v) is 5.60. The molecule has 2 aliphatic carbocycles. The fourth-order valence-electron chi connectivity index (χ4n) is 3.63. The predicted octanol–water partition coefficient (Wildman–Crippen LogP) is 2.80. The van der Waals surface area contributed by atoms with E-state index in [4.69, 9.17) is 13.7 Å². The van der Waals surface area contributed by atoms with Gasteiger partial charge in [-0.1, -0.05) is 11.6 Å². The Morgan fingerprint density at radius 3 is 2.73 bits per heavy atom. The van der Waals surface area contributed by atoms with E-state index in [1.54, 1.807) is 4.90 Å². The van der Waals surface area contributed by atoms with Crippen LogP contribution in [0.1, 0.15) is 85.0 Å². The lowest BCUT2D eigenvalue weighted by Gasteiger charge is -2.37. The molecule has 0 spiro atoms. The third-order valence-electron chi connectivity index (χ3n) is 5.60. The molecule has 1 aliphatic heterocycles. The Hall–Kier alpha value is -2.22. The Labute approximate surface area is 150 Å². The van der Waals surface area contributed by atoms with Gasteiger partial charge in [0.05, 0.1) is 12.7 Å². The van der Waals surface area contributed by atoms with Crippen LogP contribution < -0.4 is 0 Å². The summed E-state index contributed by atoms with van der Waals surface area (Å²) in [6.07, 6.45) is 6.80. The van der Waals surface area contributed by atoms with Gasteiger partial charge in [0.15, 0.2) is 17.4 Å². The van der Waals surface area contributed by atoms with Gasteiger partial charge < -0.3 is 18.6 Å². The summed E-state index contributed by atoms with van der Waals surface area (Å²) in [6.45, 7) is 2.86. The molecule has 138 valence electrons. The van der Waals surface area contributed by atoms with E-state index < -0.39 is 6.04 Å². The van der Waals surface area contributed by atoms with Gasteiger partial charge in [0.25, 0.3) is 11.8 Å². The van der Waals surface area contributed by atoms with Gasteiger partial charge in [-0.15, -0.1) is 0 Å². The average molecular weight is 358 g/mol. The van der Waals surface area contributed by atoms with Gasteiger partial charge in [-0.25, -0.2) is 4.98 Å². The van der Waals surface area contributed by atoms with E-state index in [0.29, 0.717) is 42.5 Å². The molecule has 0 bridgehead atoms. The highest BCUT2D eigenvalue weighted by Gasteiger charge is 2.40. The quantitative estimate of drug-likeness (QED) is 0.829. The lowest BCUT2D eigenvalue weighted by molar-refractivity contribution is -0.0602. The monoisotopic (exact) mass is 358 g/mol. The van der Waals surface area contributed by atoms with Gasteiger partial charge >= 0.3 is 0 Å². The van der Waals surface area contributed by atoms with Gasteiger partial charge in [-0.2, -0.15) is 4.98 Å². The van der Waals surface area contributed by atoms with Crippen molar-refractivity contribution in [1.29, 1.82) is 0 Å². The molecule has 0 N–H and O–H groups in total. The molecule has 8 nitrogen and oxygen atoms in total. The maximum Gasteiger partial charge on any atom is 0.276 e. The molecule has 3 heterocycles. The maximum absolute atomic E-state index is 13.1. The van der Waals surface area contributed by atoms with Crippen molar-refractivity contribution < 1.29 is 18.5 Å². The van der Waals surface area contributed by atoms with Crippen molar-refractivity contribution in [2.75, 3.05) is 13.2 Å². The Balaban J connectivity index is 1.40. The van der Waals surface area contributed by atoms with Crippen molar-refractivity contribution in [2.24, 2.45) is 0 Å². The van der Waals surface area contributed by atoms with E-state index in [0.717, 1.165) is 31.5 Å². The lowest BCUT2D eigenvalue weighted by atomic mass is 9.85. The molecule has 0 aromatic carbocycles. The topological polar surface area (TPSA) is 94.5 Å². The zero-order chi connectivity index (χ0) is 17.7. The van der Waals surface area contributed by atoms with Crippen LogP contribution >= 0.6 is 0 Å². The summed E-state index contributed by atoms with van der Waals surface area (Å²) < 4.78 is 16.8. The summed E-state index contributed by atoms with van der Waals surface area (Å²) in [5.41, 5.74) is 0.341. The fourth-order valence-corrected chi connectivity index (χ4v) is 3.63. The van der Waals surface area contributed by atoms with E-state index >= 15 is 0 Å². The highest BCUT2D eigenvalue weighted by molar-refractivity contribution is 5.92. The SMILES string of the molecule is C[C@H]1OCCN(C(=O)c2coc(C3CCC3)n2)[C@@H]1c1nc(C2CC2)no1. The number of morpholine rings is 1. The van der Waals surface area contributed by atoms with Crippen molar-refractivity contribution in [2.45, 2.75) is 63.0 Å². The molecule has 1 amide bonds. The smallest absolute Gasteiger partial charge is 0.276 e.